The summed E-state index contributed by atoms with van der Waals surface area (Å²) in [5, 5.41) is 6.72. The van der Waals surface area contributed by atoms with Gasteiger partial charge >= 0.3 is 0 Å². The lowest BCUT2D eigenvalue weighted by Gasteiger charge is -2.13. The first-order chi connectivity index (χ1) is 10.4. The molecule has 0 unspecified atom stereocenters. The van der Waals surface area contributed by atoms with Gasteiger partial charge in [0.25, 0.3) is 0 Å². The average Bonchev–Trinajstić information content (AvgIpc) is 3.23. The molecule has 2 aromatic rings. The van der Waals surface area contributed by atoms with Crippen LogP contribution >= 0.6 is 11.3 Å². The topological polar surface area (TPSA) is 59.1 Å². The molecular weight excluding hydrogens is 316 g/mol. The van der Waals surface area contributed by atoms with Crippen LogP contribution < -0.4 is 5.32 Å². The Morgan fingerprint density at radius 1 is 1.32 bits per heavy atom. The number of thiazole rings is 1. The number of hydrogen-bond donors (Lipinski definition) is 1. The molecule has 22 heavy (non-hydrogen) atoms. The monoisotopic (exact) mass is 336 g/mol. The first-order valence-corrected chi connectivity index (χ1v) is 10.2. The first-order valence-electron chi connectivity index (χ1n) is 7.41. The lowest BCUT2D eigenvalue weighted by atomic mass is 10.1. The zero-order valence-corrected chi connectivity index (χ0v) is 14.4. The summed E-state index contributed by atoms with van der Waals surface area (Å²) in [6, 6.07) is 7.22. The standard InChI is InChI=1S/C16H20N2O2S2/c1-11(12-5-7-14(8-6-12)22(2,19)20)17-9-16-18-15(10-21-16)13-3-4-13/h5-8,10-11,13,17H,3-4,9H2,1-2H3/t11-/m0/s1. The summed E-state index contributed by atoms with van der Waals surface area (Å²) in [5.41, 5.74) is 2.32. The molecular formula is C16H20N2O2S2. The Balaban J connectivity index is 1.59. The maximum absolute atomic E-state index is 11.5. The summed E-state index contributed by atoms with van der Waals surface area (Å²) in [6.07, 6.45) is 3.78. The van der Waals surface area contributed by atoms with Crippen LogP contribution in [0.4, 0.5) is 0 Å². The minimum Gasteiger partial charge on any atom is -0.304 e. The van der Waals surface area contributed by atoms with Gasteiger partial charge in [0.2, 0.25) is 0 Å². The molecule has 1 aromatic carbocycles. The molecule has 1 heterocycles. The van der Waals surface area contributed by atoms with Crippen molar-refractivity contribution in [3.63, 3.8) is 0 Å². The minimum atomic E-state index is -3.13. The minimum absolute atomic E-state index is 0.155. The molecule has 1 fully saturated rings. The fourth-order valence-electron chi connectivity index (χ4n) is 2.33. The Morgan fingerprint density at radius 3 is 2.59 bits per heavy atom. The summed E-state index contributed by atoms with van der Waals surface area (Å²) in [4.78, 5) is 5.02. The summed E-state index contributed by atoms with van der Waals surface area (Å²) in [7, 11) is -3.13. The lowest BCUT2D eigenvalue weighted by Crippen LogP contribution is -2.18. The second-order valence-electron chi connectivity index (χ2n) is 5.88. The van der Waals surface area contributed by atoms with Crippen molar-refractivity contribution in [3.8, 4) is 0 Å². The fraction of sp³-hybridized carbons (Fsp3) is 0.438. The number of rotatable bonds is 6. The average molecular weight is 336 g/mol. The summed E-state index contributed by atoms with van der Waals surface area (Å²) >= 11 is 1.71. The first kappa shape index (κ1) is 15.6. The third kappa shape index (κ3) is 3.74. The van der Waals surface area contributed by atoms with E-state index in [9.17, 15) is 8.42 Å². The smallest absolute Gasteiger partial charge is 0.175 e. The van der Waals surface area contributed by atoms with Gasteiger partial charge in [-0.2, -0.15) is 0 Å². The molecule has 0 radical (unpaired) electrons. The molecule has 1 saturated carbocycles. The molecule has 1 N–H and O–H groups in total. The predicted molar refractivity (Wildman–Crippen MR) is 88.9 cm³/mol. The molecule has 4 nitrogen and oxygen atoms in total. The van der Waals surface area contributed by atoms with Crippen LogP contribution in [0.1, 0.15) is 48.0 Å². The second-order valence-corrected chi connectivity index (χ2v) is 8.84. The van der Waals surface area contributed by atoms with Gasteiger partial charge in [0.1, 0.15) is 5.01 Å². The van der Waals surface area contributed by atoms with E-state index in [1.165, 1.54) is 24.8 Å². The van der Waals surface area contributed by atoms with Crippen LogP contribution in [0.2, 0.25) is 0 Å². The maximum atomic E-state index is 11.5. The van der Waals surface area contributed by atoms with E-state index in [2.05, 4.69) is 22.6 Å². The van der Waals surface area contributed by atoms with Crippen molar-refractivity contribution in [1.29, 1.82) is 0 Å². The van der Waals surface area contributed by atoms with Gasteiger partial charge in [-0.05, 0) is 37.5 Å². The third-order valence-corrected chi connectivity index (χ3v) is 5.93. The van der Waals surface area contributed by atoms with E-state index in [4.69, 9.17) is 0 Å². The Kier molecular flexibility index (Phi) is 4.34. The van der Waals surface area contributed by atoms with Crippen LogP contribution in [0, 0.1) is 0 Å². The molecule has 6 heteroatoms. The largest absolute Gasteiger partial charge is 0.304 e. The van der Waals surface area contributed by atoms with Gasteiger partial charge in [0.05, 0.1) is 10.6 Å². The number of benzene rings is 1. The van der Waals surface area contributed by atoms with Gasteiger partial charge in [0.15, 0.2) is 9.84 Å². The number of hydrogen-bond acceptors (Lipinski definition) is 5. The van der Waals surface area contributed by atoms with Crippen LogP contribution in [-0.4, -0.2) is 19.7 Å². The molecule has 0 amide bonds. The second kappa shape index (κ2) is 6.10. The molecule has 0 spiro atoms. The number of nitrogens with one attached hydrogen (secondary N) is 1. The van der Waals surface area contributed by atoms with Crippen molar-refractivity contribution in [2.45, 2.75) is 43.2 Å². The highest BCUT2D eigenvalue weighted by Crippen LogP contribution is 2.40. The van der Waals surface area contributed by atoms with Crippen LogP contribution in [0.5, 0.6) is 0 Å². The highest BCUT2D eigenvalue weighted by Gasteiger charge is 2.25. The molecule has 0 saturated heterocycles. The van der Waals surface area contributed by atoms with Gasteiger partial charge < -0.3 is 5.32 Å². The number of sulfone groups is 1. The Hall–Kier alpha value is -1.24. The summed E-state index contributed by atoms with van der Waals surface area (Å²) in [5.74, 6) is 0.700. The van der Waals surface area contributed by atoms with Crippen molar-refractivity contribution in [2.75, 3.05) is 6.26 Å². The van der Waals surface area contributed by atoms with E-state index in [0.29, 0.717) is 10.8 Å². The van der Waals surface area contributed by atoms with Gasteiger partial charge in [-0.15, -0.1) is 11.3 Å². The highest BCUT2D eigenvalue weighted by molar-refractivity contribution is 7.90. The fourth-order valence-corrected chi connectivity index (χ4v) is 3.79. The Morgan fingerprint density at radius 2 is 2.00 bits per heavy atom. The van der Waals surface area contributed by atoms with E-state index in [-0.39, 0.29) is 6.04 Å². The van der Waals surface area contributed by atoms with Crippen molar-refractivity contribution in [1.82, 2.24) is 10.3 Å². The Bertz CT molecular complexity index is 747. The number of nitrogens with zero attached hydrogens (tertiary/aromatic N) is 1. The molecule has 1 aliphatic rings. The van der Waals surface area contributed by atoms with Crippen molar-refractivity contribution < 1.29 is 8.42 Å². The summed E-state index contributed by atoms with van der Waals surface area (Å²) < 4.78 is 22.9. The van der Waals surface area contributed by atoms with Crippen molar-refractivity contribution >= 4 is 21.2 Å². The maximum Gasteiger partial charge on any atom is 0.175 e. The zero-order valence-electron chi connectivity index (χ0n) is 12.7. The third-order valence-electron chi connectivity index (χ3n) is 3.93. The van der Waals surface area contributed by atoms with E-state index >= 15 is 0 Å². The Labute approximate surface area is 135 Å². The zero-order chi connectivity index (χ0) is 15.7. The van der Waals surface area contributed by atoms with Gasteiger partial charge in [-0.3, -0.25) is 0 Å². The number of aromatic nitrogens is 1. The van der Waals surface area contributed by atoms with E-state index in [1.807, 2.05) is 12.1 Å². The van der Waals surface area contributed by atoms with Gasteiger partial charge in [0, 0.05) is 30.1 Å². The van der Waals surface area contributed by atoms with Crippen molar-refractivity contribution in [3.05, 3.63) is 45.9 Å². The van der Waals surface area contributed by atoms with Crippen LogP contribution in [0.3, 0.4) is 0 Å². The molecule has 0 aliphatic heterocycles. The molecule has 1 atom stereocenters. The lowest BCUT2D eigenvalue weighted by molar-refractivity contribution is 0.571. The quantitative estimate of drug-likeness (QED) is 0.879. The van der Waals surface area contributed by atoms with Crippen molar-refractivity contribution in [2.24, 2.45) is 0 Å². The molecule has 1 aliphatic carbocycles. The van der Waals surface area contributed by atoms with Crippen LogP contribution in [0.25, 0.3) is 0 Å². The van der Waals surface area contributed by atoms with Gasteiger partial charge in [-0.1, -0.05) is 12.1 Å². The van der Waals surface area contributed by atoms with E-state index in [1.54, 1.807) is 23.5 Å². The SMILES string of the molecule is C[C@H](NCc1nc(C2CC2)cs1)c1ccc(S(C)(=O)=O)cc1. The molecule has 1 aromatic heterocycles. The molecule has 118 valence electrons. The summed E-state index contributed by atoms with van der Waals surface area (Å²) in [6.45, 7) is 2.82. The van der Waals surface area contributed by atoms with Crippen LogP contribution in [0.15, 0.2) is 34.5 Å². The highest BCUT2D eigenvalue weighted by atomic mass is 32.2. The predicted octanol–water partition coefficient (Wildman–Crippen LogP) is 3.27. The van der Waals surface area contributed by atoms with E-state index in [0.717, 1.165) is 17.1 Å². The van der Waals surface area contributed by atoms with Gasteiger partial charge in [-0.25, -0.2) is 13.4 Å². The molecule has 3 rings (SSSR count). The van der Waals surface area contributed by atoms with E-state index < -0.39 is 9.84 Å². The normalized spacial score (nSPS) is 16.6. The molecule has 0 bridgehead atoms. The van der Waals surface area contributed by atoms with Crippen LogP contribution in [-0.2, 0) is 16.4 Å².